The van der Waals surface area contributed by atoms with Gasteiger partial charge in [0.25, 0.3) is 0 Å². The standard InChI is InChI=1S/C37H22ClN3O/c38-37-40-35(27-17-15-24-14-16-26(20-29(24)21-27)23-8-3-1-4-9-23)39-36(41-37)28-18-19-32-31(22-28)34-30(12-7-13-33(34)42-32)25-10-5-2-6-11-25/h1-22H. The van der Waals surface area contributed by atoms with Gasteiger partial charge in [-0.05, 0) is 81.0 Å². The summed E-state index contributed by atoms with van der Waals surface area (Å²) in [6, 6.07) is 45.6. The fourth-order valence-electron chi connectivity index (χ4n) is 5.63. The van der Waals surface area contributed by atoms with Gasteiger partial charge in [0.1, 0.15) is 11.2 Å². The summed E-state index contributed by atoms with van der Waals surface area (Å²) < 4.78 is 6.23. The van der Waals surface area contributed by atoms with Gasteiger partial charge in [-0.2, -0.15) is 9.97 Å². The number of halogens is 1. The predicted octanol–water partition coefficient (Wildman–Crippen LogP) is 10.2. The van der Waals surface area contributed by atoms with Crippen LogP contribution in [0, 0.1) is 0 Å². The molecular formula is C37H22ClN3O. The van der Waals surface area contributed by atoms with Crippen LogP contribution in [-0.2, 0) is 0 Å². The smallest absolute Gasteiger partial charge is 0.226 e. The summed E-state index contributed by atoms with van der Waals surface area (Å²) in [4.78, 5) is 13.9. The van der Waals surface area contributed by atoms with E-state index in [1.165, 1.54) is 5.56 Å². The topological polar surface area (TPSA) is 51.8 Å². The summed E-state index contributed by atoms with van der Waals surface area (Å²) in [7, 11) is 0. The van der Waals surface area contributed by atoms with E-state index in [0.29, 0.717) is 11.6 Å². The quantitative estimate of drug-likeness (QED) is 0.215. The zero-order valence-corrected chi connectivity index (χ0v) is 23.1. The second-order valence-electron chi connectivity index (χ2n) is 10.3. The van der Waals surface area contributed by atoms with E-state index in [4.69, 9.17) is 21.0 Å². The Kier molecular flexibility index (Phi) is 5.80. The van der Waals surface area contributed by atoms with Crippen molar-refractivity contribution >= 4 is 44.3 Å². The van der Waals surface area contributed by atoms with Crippen molar-refractivity contribution in [2.24, 2.45) is 0 Å². The molecule has 6 aromatic carbocycles. The first-order chi connectivity index (χ1) is 20.7. The molecule has 2 aromatic heterocycles. The van der Waals surface area contributed by atoms with Crippen molar-refractivity contribution in [1.82, 2.24) is 15.0 Å². The van der Waals surface area contributed by atoms with Gasteiger partial charge >= 0.3 is 0 Å². The van der Waals surface area contributed by atoms with Crippen molar-refractivity contribution < 1.29 is 4.42 Å². The number of nitrogens with zero attached hydrogens (tertiary/aromatic N) is 3. The van der Waals surface area contributed by atoms with Gasteiger partial charge in [0.15, 0.2) is 11.6 Å². The van der Waals surface area contributed by atoms with Crippen molar-refractivity contribution in [2.75, 3.05) is 0 Å². The Hall–Kier alpha value is -5.32. The first-order valence-corrected chi connectivity index (χ1v) is 14.1. The lowest BCUT2D eigenvalue weighted by atomic mass is 9.99. The van der Waals surface area contributed by atoms with Crippen LogP contribution in [-0.4, -0.2) is 15.0 Å². The first kappa shape index (κ1) is 24.5. The Balaban J connectivity index is 1.24. The van der Waals surface area contributed by atoms with Gasteiger partial charge in [-0.1, -0.05) is 97.1 Å². The van der Waals surface area contributed by atoms with Gasteiger partial charge in [-0.15, -0.1) is 0 Å². The van der Waals surface area contributed by atoms with E-state index in [9.17, 15) is 0 Å². The molecule has 42 heavy (non-hydrogen) atoms. The minimum absolute atomic E-state index is 0.148. The Labute approximate surface area is 246 Å². The minimum Gasteiger partial charge on any atom is -0.456 e. The Morgan fingerprint density at radius 1 is 0.452 bits per heavy atom. The maximum absolute atomic E-state index is 6.49. The number of fused-ring (bicyclic) bond motifs is 4. The molecule has 0 aliphatic carbocycles. The number of hydrogen-bond acceptors (Lipinski definition) is 4. The van der Waals surface area contributed by atoms with Crippen LogP contribution >= 0.6 is 11.6 Å². The molecule has 5 heteroatoms. The van der Waals surface area contributed by atoms with Gasteiger partial charge < -0.3 is 4.42 Å². The predicted molar refractivity (Wildman–Crippen MR) is 171 cm³/mol. The fraction of sp³-hybridized carbons (Fsp3) is 0. The molecule has 0 N–H and O–H groups in total. The Bertz CT molecular complexity index is 2260. The number of rotatable bonds is 4. The average molecular weight is 560 g/mol. The largest absolute Gasteiger partial charge is 0.456 e. The van der Waals surface area contributed by atoms with Crippen molar-refractivity contribution in [1.29, 1.82) is 0 Å². The lowest BCUT2D eigenvalue weighted by Gasteiger charge is -2.08. The van der Waals surface area contributed by atoms with Crippen LogP contribution in [0.2, 0.25) is 5.28 Å². The van der Waals surface area contributed by atoms with Crippen molar-refractivity contribution in [3.8, 4) is 45.0 Å². The Morgan fingerprint density at radius 2 is 1.10 bits per heavy atom. The van der Waals surface area contributed by atoms with Gasteiger partial charge in [-0.3, -0.25) is 0 Å². The molecule has 8 rings (SSSR count). The van der Waals surface area contributed by atoms with Gasteiger partial charge in [0.2, 0.25) is 5.28 Å². The monoisotopic (exact) mass is 559 g/mol. The number of hydrogen-bond donors (Lipinski definition) is 0. The maximum atomic E-state index is 6.49. The average Bonchev–Trinajstić information content (AvgIpc) is 3.43. The van der Waals surface area contributed by atoms with Crippen LogP contribution in [0.3, 0.4) is 0 Å². The highest BCUT2D eigenvalue weighted by molar-refractivity contribution is 6.28. The lowest BCUT2D eigenvalue weighted by Crippen LogP contribution is -1.97. The van der Waals surface area contributed by atoms with Crippen molar-refractivity contribution in [3.63, 3.8) is 0 Å². The molecule has 0 bridgehead atoms. The SMILES string of the molecule is Clc1nc(-c2ccc3ccc(-c4ccccc4)cc3c2)nc(-c2ccc3oc4cccc(-c5ccccc5)c4c3c2)n1. The van der Waals surface area contributed by atoms with Gasteiger partial charge in [0, 0.05) is 21.9 Å². The van der Waals surface area contributed by atoms with E-state index in [-0.39, 0.29) is 5.28 Å². The molecule has 4 nitrogen and oxygen atoms in total. The molecule has 0 aliphatic heterocycles. The molecule has 0 radical (unpaired) electrons. The highest BCUT2D eigenvalue weighted by atomic mass is 35.5. The van der Waals surface area contributed by atoms with Gasteiger partial charge in [-0.25, -0.2) is 4.98 Å². The van der Waals surface area contributed by atoms with E-state index >= 15 is 0 Å². The van der Waals surface area contributed by atoms with E-state index in [0.717, 1.165) is 60.5 Å². The second kappa shape index (κ2) is 9.95. The number of aromatic nitrogens is 3. The maximum Gasteiger partial charge on any atom is 0.226 e. The van der Waals surface area contributed by atoms with Crippen molar-refractivity contribution in [2.45, 2.75) is 0 Å². The summed E-state index contributed by atoms with van der Waals surface area (Å²) in [5.74, 6) is 1.04. The first-order valence-electron chi connectivity index (χ1n) is 13.7. The molecule has 0 aliphatic rings. The van der Waals surface area contributed by atoms with Crippen molar-refractivity contribution in [3.05, 3.63) is 139 Å². The van der Waals surface area contributed by atoms with Crippen LogP contribution in [0.4, 0.5) is 0 Å². The molecule has 0 amide bonds. The molecule has 0 saturated carbocycles. The molecule has 0 atom stereocenters. The van der Waals surface area contributed by atoms with E-state index in [1.807, 2.05) is 54.6 Å². The van der Waals surface area contributed by atoms with Crippen LogP contribution < -0.4 is 0 Å². The summed E-state index contributed by atoms with van der Waals surface area (Å²) >= 11 is 6.49. The number of furan rings is 1. The minimum atomic E-state index is 0.148. The third-order valence-electron chi connectivity index (χ3n) is 7.65. The van der Waals surface area contributed by atoms with E-state index in [2.05, 4.69) is 88.8 Å². The fourth-order valence-corrected chi connectivity index (χ4v) is 5.79. The summed E-state index contributed by atoms with van der Waals surface area (Å²) in [5, 5.41) is 4.45. The van der Waals surface area contributed by atoms with Gasteiger partial charge in [0.05, 0.1) is 0 Å². The Morgan fingerprint density at radius 3 is 1.86 bits per heavy atom. The second-order valence-corrected chi connectivity index (χ2v) is 10.6. The van der Waals surface area contributed by atoms with Crippen LogP contribution in [0.15, 0.2) is 138 Å². The zero-order chi connectivity index (χ0) is 28.0. The molecule has 0 saturated heterocycles. The number of benzene rings is 6. The molecular weight excluding hydrogens is 538 g/mol. The van der Waals surface area contributed by atoms with Crippen LogP contribution in [0.5, 0.6) is 0 Å². The van der Waals surface area contributed by atoms with Crippen LogP contribution in [0.25, 0.3) is 77.7 Å². The molecule has 0 unspecified atom stereocenters. The zero-order valence-electron chi connectivity index (χ0n) is 22.3. The third-order valence-corrected chi connectivity index (χ3v) is 7.82. The lowest BCUT2D eigenvalue weighted by molar-refractivity contribution is 0.669. The highest BCUT2D eigenvalue weighted by Gasteiger charge is 2.16. The summed E-state index contributed by atoms with van der Waals surface area (Å²) in [6.07, 6.45) is 0. The third kappa shape index (κ3) is 4.30. The molecule has 8 aromatic rings. The summed E-state index contributed by atoms with van der Waals surface area (Å²) in [5.41, 5.74) is 7.94. The molecule has 0 fully saturated rings. The summed E-state index contributed by atoms with van der Waals surface area (Å²) in [6.45, 7) is 0. The molecule has 0 spiro atoms. The van der Waals surface area contributed by atoms with Crippen LogP contribution in [0.1, 0.15) is 0 Å². The normalized spacial score (nSPS) is 11.5. The molecule has 2 heterocycles. The molecule has 198 valence electrons. The highest BCUT2D eigenvalue weighted by Crippen LogP contribution is 2.38. The van der Waals surface area contributed by atoms with E-state index in [1.54, 1.807) is 0 Å². The van der Waals surface area contributed by atoms with E-state index < -0.39 is 0 Å².